The van der Waals surface area contributed by atoms with E-state index in [9.17, 15) is 9.59 Å². The van der Waals surface area contributed by atoms with Crippen LogP contribution in [0.4, 0.5) is 0 Å². The molecule has 0 radical (unpaired) electrons. The number of para-hydroxylation sites is 1. The molecule has 0 atom stereocenters. The number of amides is 1. The van der Waals surface area contributed by atoms with Gasteiger partial charge in [-0.2, -0.15) is 0 Å². The third-order valence-electron chi connectivity index (χ3n) is 3.73. The number of hydrogen-bond donors (Lipinski definition) is 0. The van der Waals surface area contributed by atoms with Crippen molar-refractivity contribution < 1.29 is 19.1 Å². The summed E-state index contributed by atoms with van der Waals surface area (Å²) in [7, 11) is 5.24. The van der Waals surface area contributed by atoms with Crippen molar-refractivity contribution >= 4 is 18.0 Å². The summed E-state index contributed by atoms with van der Waals surface area (Å²) in [6.07, 6.45) is 4.39. The lowest BCUT2D eigenvalue weighted by Gasteiger charge is -2.22. The van der Waals surface area contributed by atoms with Gasteiger partial charge < -0.3 is 19.3 Å². The van der Waals surface area contributed by atoms with Crippen LogP contribution in [0.3, 0.4) is 0 Å². The van der Waals surface area contributed by atoms with E-state index in [4.69, 9.17) is 4.74 Å². The van der Waals surface area contributed by atoms with E-state index in [0.717, 1.165) is 24.3 Å². The molecule has 1 aromatic carbocycles. The minimum atomic E-state index is -0.324. The van der Waals surface area contributed by atoms with Crippen molar-refractivity contribution in [3.63, 3.8) is 0 Å². The largest absolute Gasteiger partial charge is 0.493 e. The van der Waals surface area contributed by atoms with Crippen LogP contribution < -0.4 is 4.74 Å². The fraction of sp³-hybridized carbons (Fsp3) is 0.500. The van der Waals surface area contributed by atoms with Gasteiger partial charge in [-0.15, -0.1) is 0 Å². The summed E-state index contributed by atoms with van der Waals surface area (Å²) in [5.74, 6) is 0.295. The molecule has 1 rings (SSSR count). The SMILES string of the molecule is CCCOc1ccccc1/C=C/C(=O)N(CCC(=O)OC)CCN(C)C. The van der Waals surface area contributed by atoms with Gasteiger partial charge in [-0.25, -0.2) is 0 Å². The summed E-state index contributed by atoms with van der Waals surface area (Å²) >= 11 is 0. The zero-order chi connectivity index (χ0) is 19.4. The lowest BCUT2D eigenvalue weighted by Crippen LogP contribution is -2.37. The van der Waals surface area contributed by atoms with Crippen molar-refractivity contribution in [3.8, 4) is 5.75 Å². The predicted octanol–water partition coefficient (Wildman–Crippen LogP) is 2.44. The maximum absolute atomic E-state index is 12.6. The first kappa shape index (κ1) is 21.7. The van der Waals surface area contributed by atoms with Crippen LogP contribution >= 0.6 is 0 Å². The molecule has 0 aliphatic rings. The molecule has 144 valence electrons. The molecule has 6 nitrogen and oxygen atoms in total. The van der Waals surface area contributed by atoms with Gasteiger partial charge in [-0.3, -0.25) is 9.59 Å². The molecule has 0 aliphatic heterocycles. The van der Waals surface area contributed by atoms with Gasteiger partial charge in [0.1, 0.15) is 5.75 Å². The molecule has 0 unspecified atom stereocenters. The van der Waals surface area contributed by atoms with Gasteiger partial charge in [-0.1, -0.05) is 25.1 Å². The van der Waals surface area contributed by atoms with Gasteiger partial charge in [0, 0.05) is 31.3 Å². The molecule has 0 saturated carbocycles. The number of esters is 1. The second-order valence-electron chi connectivity index (χ2n) is 6.17. The van der Waals surface area contributed by atoms with E-state index in [2.05, 4.69) is 4.74 Å². The summed E-state index contributed by atoms with van der Waals surface area (Å²) in [6, 6.07) is 7.61. The molecule has 0 N–H and O–H groups in total. The van der Waals surface area contributed by atoms with Crippen LogP contribution in [0.5, 0.6) is 5.75 Å². The number of carbonyl (C=O) groups excluding carboxylic acids is 2. The highest BCUT2D eigenvalue weighted by Crippen LogP contribution is 2.19. The van der Waals surface area contributed by atoms with Crippen molar-refractivity contribution in [2.24, 2.45) is 0 Å². The van der Waals surface area contributed by atoms with Gasteiger partial charge in [0.05, 0.1) is 20.1 Å². The Bertz CT molecular complexity index is 599. The summed E-state index contributed by atoms with van der Waals surface area (Å²) in [5, 5.41) is 0. The van der Waals surface area contributed by atoms with Crippen molar-refractivity contribution in [2.45, 2.75) is 19.8 Å². The Kier molecular flexibility index (Phi) is 10.1. The summed E-state index contributed by atoms with van der Waals surface area (Å²) in [5.41, 5.74) is 0.856. The number of rotatable bonds is 11. The predicted molar refractivity (Wildman–Crippen MR) is 103 cm³/mol. The topological polar surface area (TPSA) is 59.1 Å². The first-order valence-corrected chi connectivity index (χ1v) is 8.88. The highest BCUT2D eigenvalue weighted by molar-refractivity contribution is 5.92. The van der Waals surface area contributed by atoms with Crippen LogP contribution in [0.15, 0.2) is 30.3 Å². The van der Waals surface area contributed by atoms with E-state index in [0.29, 0.717) is 19.7 Å². The standard InChI is InChI=1S/C20H30N2O4/c1-5-16-26-18-9-7-6-8-17(18)10-11-19(23)22(15-14-21(2)3)13-12-20(24)25-4/h6-11H,5,12-16H2,1-4H3/b11-10+. The number of methoxy groups -OCH3 is 1. The van der Waals surface area contributed by atoms with Gasteiger partial charge in [0.25, 0.3) is 0 Å². The zero-order valence-corrected chi connectivity index (χ0v) is 16.2. The number of likely N-dealkylation sites (N-methyl/N-ethyl adjacent to an activating group) is 1. The second-order valence-corrected chi connectivity index (χ2v) is 6.17. The summed E-state index contributed by atoms with van der Waals surface area (Å²) < 4.78 is 10.4. The Morgan fingerprint density at radius 1 is 1.12 bits per heavy atom. The minimum Gasteiger partial charge on any atom is -0.493 e. The third-order valence-corrected chi connectivity index (χ3v) is 3.73. The van der Waals surface area contributed by atoms with E-state index in [1.807, 2.05) is 50.2 Å². The van der Waals surface area contributed by atoms with Crippen molar-refractivity contribution in [1.82, 2.24) is 9.80 Å². The molecule has 0 aliphatic carbocycles. The quantitative estimate of drug-likeness (QED) is 0.447. The molecule has 6 heteroatoms. The average Bonchev–Trinajstić information content (AvgIpc) is 2.64. The van der Waals surface area contributed by atoms with Crippen molar-refractivity contribution in [1.29, 1.82) is 0 Å². The Hall–Kier alpha value is -2.34. The van der Waals surface area contributed by atoms with Crippen LogP contribution in [0.2, 0.25) is 0 Å². The monoisotopic (exact) mass is 362 g/mol. The van der Waals surface area contributed by atoms with Crippen LogP contribution in [0.25, 0.3) is 6.08 Å². The molecule has 26 heavy (non-hydrogen) atoms. The number of ether oxygens (including phenoxy) is 2. The maximum atomic E-state index is 12.6. The number of carbonyl (C=O) groups is 2. The Balaban J connectivity index is 2.80. The Labute approximate surface area is 156 Å². The van der Waals surface area contributed by atoms with Crippen molar-refractivity contribution in [3.05, 3.63) is 35.9 Å². The Morgan fingerprint density at radius 2 is 1.85 bits per heavy atom. The van der Waals surface area contributed by atoms with E-state index in [1.165, 1.54) is 13.2 Å². The number of nitrogens with zero attached hydrogens (tertiary/aromatic N) is 2. The van der Waals surface area contributed by atoms with Gasteiger partial charge >= 0.3 is 5.97 Å². The molecule has 0 fully saturated rings. The third kappa shape index (κ3) is 8.16. The minimum absolute atomic E-state index is 0.138. The smallest absolute Gasteiger partial charge is 0.307 e. The van der Waals surface area contributed by atoms with E-state index in [1.54, 1.807) is 11.0 Å². The molecule has 0 heterocycles. The molecular formula is C20H30N2O4. The van der Waals surface area contributed by atoms with Crippen molar-refractivity contribution in [2.75, 3.05) is 47.4 Å². The van der Waals surface area contributed by atoms with Crippen LogP contribution in [-0.4, -0.2) is 69.1 Å². The highest BCUT2D eigenvalue weighted by atomic mass is 16.5. The first-order chi connectivity index (χ1) is 12.5. The van der Waals surface area contributed by atoms with E-state index < -0.39 is 0 Å². The second kappa shape index (κ2) is 12.1. The molecule has 0 aromatic heterocycles. The number of hydrogen-bond acceptors (Lipinski definition) is 5. The maximum Gasteiger partial charge on any atom is 0.307 e. The van der Waals surface area contributed by atoms with Gasteiger partial charge in [-0.05, 0) is 32.7 Å². The molecule has 0 spiro atoms. The van der Waals surface area contributed by atoms with Gasteiger partial charge in [0.15, 0.2) is 0 Å². The van der Waals surface area contributed by atoms with Crippen LogP contribution in [-0.2, 0) is 14.3 Å². The summed E-state index contributed by atoms with van der Waals surface area (Å²) in [4.78, 5) is 27.6. The lowest BCUT2D eigenvalue weighted by molar-refractivity contribution is -0.141. The van der Waals surface area contributed by atoms with Crippen LogP contribution in [0, 0.1) is 0 Å². The number of benzene rings is 1. The zero-order valence-electron chi connectivity index (χ0n) is 16.2. The van der Waals surface area contributed by atoms with E-state index >= 15 is 0 Å². The van der Waals surface area contributed by atoms with Gasteiger partial charge in [0.2, 0.25) is 5.91 Å². The molecular weight excluding hydrogens is 332 g/mol. The molecule has 1 amide bonds. The first-order valence-electron chi connectivity index (χ1n) is 8.88. The fourth-order valence-electron chi connectivity index (χ4n) is 2.21. The average molecular weight is 362 g/mol. The fourth-order valence-corrected chi connectivity index (χ4v) is 2.21. The normalized spacial score (nSPS) is 11.0. The lowest BCUT2D eigenvalue weighted by atomic mass is 10.2. The Morgan fingerprint density at radius 3 is 2.50 bits per heavy atom. The molecule has 1 aromatic rings. The molecule has 0 saturated heterocycles. The highest BCUT2D eigenvalue weighted by Gasteiger charge is 2.13. The van der Waals surface area contributed by atoms with Crippen LogP contribution in [0.1, 0.15) is 25.3 Å². The molecule has 0 bridgehead atoms. The summed E-state index contributed by atoms with van der Waals surface area (Å²) in [6.45, 7) is 4.27. The van der Waals surface area contributed by atoms with E-state index in [-0.39, 0.29) is 18.3 Å².